The van der Waals surface area contributed by atoms with Crippen molar-refractivity contribution in [3.8, 4) is 5.75 Å². The predicted molar refractivity (Wildman–Crippen MR) is 135 cm³/mol. The molecule has 31 heavy (non-hydrogen) atoms. The zero-order valence-electron chi connectivity index (χ0n) is 18.9. The Hall–Kier alpha value is -2.57. The molecule has 0 bridgehead atoms. The molecular weight excluding hydrogens is 404 g/mol. The lowest BCUT2D eigenvalue weighted by atomic mass is 10.1. The van der Waals surface area contributed by atoms with Crippen LogP contribution in [0.4, 0.5) is 5.69 Å². The topological polar surface area (TPSA) is 43.5 Å². The molecule has 3 aromatic rings. The van der Waals surface area contributed by atoms with Gasteiger partial charge in [0.2, 0.25) is 0 Å². The SMILES string of the molecule is CCOc1ccc(NC(=S)N(CCCN(CC)CC)Cc2c[nH]c3ccccc23)cc1. The van der Waals surface area contributed by atoms with E-state index in [9.17, 15) is 0 Å². The Kier molecular flexibility index (Phi) is 8.74. The van der Waals surface area contributed by atoms with E-state index in [1.807, 2.05) is 31.2 Å². The Morgan fingerprint density at radius 1 is 1.00 bits per heavy atom. The second-order valence-electron chi connectivity index (χ2n) is 7.55. The summed E-state index contributed by atoms with van der Waals surface area (Å²) in [6, 6.07) is 16.4. The predicted octanol–water partition coefficient (Wildman–Crippen LogP) is 5.50. The number of nitrogens with one attached hydrogen (secondary N) is 2. The average molecular weight is 439 g/mol. The molecule has 0 aliphatic carbocycles. The maximum atomic E-state index is 5.83. The van der Waals surface area contributed by atoms with Gasteiger partial charge < -0.3 is 24.8 Å². The third-order valence-electron chi connectivity index (χ3n) is 5.54. The molecule has 1 heterocycles. The lowest BCUT2D eigenvalue weighted by Crippen LogP contribution is -2.36. The van der Waals surface area contributed by atoms with Gasteiger partial charge in [-0.05, 0) is 81.1 Å². The number of ether oxygens (including phenoxy) is 1. The van der Waals surface area contributed by atoms with Crippen molar-refractivity contribution in [1.29, 1.82) is 0 Å². The van der Waals surface area contributed by atoms with Crippen molar-refractivity contribution in [2.75, 3.05) is 38.1 Å². The molecule has 0 aliphatic heterocycles. The number of para-hydroxylation sites is 1. The first kappa shape index (κ1) is 23.1. The summed E-state index contributed by atoms with van der Waals surface area (Å²) in [6.07, 6.45) is 3.16. The fourth-order valence-corrected chi connectivity index (χ4v) is 4.02. The number of aromatic amines is 1. The van der Waals surface area contributed by atoms with Gasteiger partial charge in [0.25, 0.3) is 0 Å². The van der Waals surface area contributed by atoms with Gasteiger partial charge in [-0.25, -0.2) is 0 Å². The van der Waals surface area contributed by atoms with Crippen LogP contribution in [-0.2, 0) is 6.54 Å². The molecule has 0 radical (unpaired) electrons. The molecule has 166 valence electrons. The molecule has 0 saturated heterocycles. The first-order valence-corrected chi connectivity index (χ1v) is 11.6. The lowest BCUT2D eigenvalue weighted by molar-refractivity contribution is 0.281. The van der Waals surface area contributed by atoms with Crippen LogP contribution < -0.4 is 10.1 Å². The second-order valence-corrected chi connectivity index (χ2v) is 7.94. The second kappa shape index (κ2) is 11.7. The van der Waals surface area contributed by atoms with E-state index in [2.05, 4.69) is 64.4 Å². The zero-order valence-corrected chi connectivity index (χ0v) is 19.7. The Morgan fingerprint density at radius 2 is 1.74 bits per heavy atom. The van der Waals surface area contributed by atoms with Crippen LogP contribution in [0.3, 0.4) is 0 Å². The fourth-order valence-electron chi connectivity index (χ4n) is 3.75. The van der Waals surface area contributed by atoms with Gasteiger partial charge >= 0.3 is 0 Å². The van der Waals surface area contributed by atoms with Crippen LogP contribution in [0.1, 0.15) is 32.8 Å². The Balaban J connectivity index is 1.71. The number of rotatable bonds is 11. The molecular formula is C25H34N4OS. The Morgan fingerprint density at radius 3 is 2.45 bits per heavy atom. The largest absolute Gasteiger partial charge is 0.494 e. The summed E-state index contributed by atoms with van der Waals surface area (Å²) in [5, 5.41) is 5.41. The van der Waals surface area contributed by atoms with Crippen molar-refractivity contribution in [2.45, 2.75) is 33.7 Å². The molecule has 0 atom stereocenters. The van der Waals surface area contributed by atoms with E-state index >= 15 is 0 Å². The highest BCUT2D eigenvalue weighted by molar-refractivity contribution is 7.80. The minimum Gasteiger partial charge on any atom is -0.494 e. The maximum absolute atomic E-state index is 5.83. The normalized spacial score (nSPS) is 11.1. The molecule has 2 aromatic carbocycles. The number of hydrogen-bond donors (Lipinski definition) is 2. The maximum Gasteiger partial charge on any atom is 0.173 e. The average Bonchev–Trinajstić information content (AvgIpc) is 3.20. The molecule has 6 heteroatoms. The van der Waals surface area contributed by atoms with Gasteiger partial charge in [0.1, 0.15) is 5.75 Å². The summed E-state index contributed by atoms with van der Waals surface area (Å²) in [7, 11) is 0. The fraction of sp³-hybridized carbons (Fsp3) is 0.400. The molecule has 1 aromatic heterocycles. The quantitative estimate of drug-likeness (QED) is 0.387. The van der Waals surface area contributed by atoms with Crippen LogP contribution >= 0.6 is 12.2 Å². The number of H-pyrrole nitrogens is 1. The minimum atomic E-state index is 0.663. The number of aromatic nitrogens is 1. The van der Waals surface area contributed by atoms with Gasteiger partial charge in [-0.3, -0.25) is 0 Å². The minimum absolute atomic E-state index is 0.663. The highest BCUT2D eigenvalue weighted by atomic mass is 32.1. The van der Waals surface area contributed by atoms with Crippen LogP contribution in [0.15, 0.2) is 54.7 Å². The lowest BCUT2D eigenvalue weighted by Gasteiger charge is -2.27. The van der Waals surface area contributed by atoms with Crippen molar-refractivity contribution in [1.82, 2.24) is 14.8 Å². The van der Waals surface area contributed by atoms with Crippen LogP contribution in [-0.4, -0.2) is 52.7 Å². The third kappa shape index (κ3) is 6.45. The highest BCUT2D eigenvalue weighted by Crippen LogP contribution is 2.21. The summed E-state index contributed by atoms with van der Waals surface area (Å²) >= 11 is 5.83. The molecule has 5 nitrogen and oxygen atoms in total. The van der Waals surface area contributed by atoms with E-state index in [-0.39, 0.29) is 0 Å². The zero-order chi connectivity index (χ0) is 22.1. The van der Waals surface area contributed by atoms with Crippen LogP contribution in [0.2, 0.25) is 0 Å². The number of hydrogen-bond acceptors (Lipinski definition) is 3. The summed E-state index contributed by atoms with van der Waals surface area (Å²) < 4.78 is 5.54. The van der Waals surface area contributed by atoms with Crippen molar-refractivity contribution in [3.63, 3.8) is 0 Å². The Bertz CT molecular complexity index is 950. The molecule has 3 rings (SSSR count). The van der Waals surface area contributed by atoms with Crippen molar-refractivity contribution < 1.29 is 4.74 Å². The van der Waals surface area contributed by atoms with Crippen molar-refractivity contribution in [2.24, 2.45) is 0 Å². The Labute approximate surface area is 191 Å². The van der Waals surface area contributed by atoms with Gasteiger partial charge in [-0.15, -0.1) is 0 Å². The van der Waals surface area contributed by atoms with Crippen LogP contribution in [0.5, 0.6) is 5.75 Å². The molecule has 2 N–H and O–H groups in total. The van der Waals surface area contributed by atoms with Crippen molar-refractivity contribution >= 4 is 33.9 Å². The number of fused-ring (bicyclic) bond motifs is 1. The van der Waals surface area contributed by atoms with Gasteiger partial charge in [0.15, 0.2) is 5.11 Å². The summed E-state index contributed by atoms with van der Waals surface area (Å²) in [6.45, 7) is 12.0. The van der Waals surface area contributed by atoms with E-state index < -0.39 is 0 Å². The summed E-state index contributed by atoms with van der Waals surface area (Å²) in [5.74, 6) is 0.869. The van der Waals surface area contributed by atoms with Gasteiger partial charge in [-0.2, -0.15) is 0 Å². The van der Waals surface area contributed by atoms with Crippen LogP contribution in [0.25, 0.3) is 10.9 Å². The van der Waals surface area contributed by atoms with E-state index in [0.29, 0.717) is 6.61 Å². The monoisotopic (exact) mass is 438 g/mol. The van der Waals surface area contributed by atoms with Gasteiger partial charge in [-0.1, -0.05) is 32.0 Å². The third-order valence-corrected chi connectivity index (χ3v) is 5.90. The number of anilines is 1. The van der Waals surface area contributed by atoms with Gasteiger partial charge in [0.05, 0.1) is 6.61 Å². The summed E-state index contributed by atoms with van der Waals surface area (Å²) in [4.78, 5) is 8.10. The number of nitrogens with zero attached hydrogens (tertiary/aromatic N) is 2. The smallest absolute Gasteiger partial charge is 0.173 e. The number of benzene rings is 2. The van der Waals surface area contributed by atoms with E-state index in [1.165, 1.54) is 10.9 Å². The first-order chi connectivity index (χ1) is 15.1. The summed E-state index contributed by atoms with van der Waals surface area (Å²) in [5.41, 5.74) is 3.39. The van der Waals surface area contributed by atoms with Crippen molar-refractivity contribution in [3.05, 3.63) is 60.3 Å². The molecule has 0 fully saturated rings. The number of thiocarbonyl (C=S) groups is 1. The standard InChI is InChI=1S/C25H34N4OS/c1-4-28(5-2)16-9-17-29(19-20-18-26-24-11-8-7-10-23(20)24)25(31)27-21-12-14-22(15-13-21)30-6-3/h7-8,10-15,18,26H,4-6,9,16-17,19H2,1-3H3,(H,27,31). The molecule has 0 saturated carbocycles. The van der Waals surface area contributed by atoms with E-state index in [1.54, 1.807) is 0 Å². The molecule has 0 amide bonds. The van der Waals surface area contributed by atoms with E-state index in [4.69, 9.17) is 17.0 Å². The molecule has 0 unspecified atom stereocenters. The van der Waals surface area contributed by atoms with Crippen LogP contribution in [0, 0.1) is 0 Å². The van der Waals surface area contributed by atoms with E-state index in [0.717, 1.165) is 61.2 Å². The molecule has 0 spiro atoms. The highest BCUT2D eigenvalue weighted by Gasteiger charge is 2.14. The first-order valence-electron chi connectivity index (χ1n) is 11.2. The van der Waals surface area contributed by atoms with Gasteiger partial charge in [0, 0.05) is 35.9 Å². The molecule has 0 aliphatic rings.